The van der Waals surface area contributed by atoms with Gasteiger partial charge in [-0.3, -0.25) is 0 Å². The number of allylic oxidation sites excluding steroid dienone is 2. The number of hydrogen-bond acceptors (Lipinski definition) is 2. The maximum atomic E-state index is 9.10. The minimum atomic E-state index is -5.44. The van der Waals surface area contributed by atoms with E-state index >= 15 is 0 Å². The first kappa shape index (κ1) is 41.3. The van der Waals surface area contributed by atoms with Crippen LogP contribution in [-0.2, 0) is 40.7 Å². The third-order valence-electron chi connectivity index (χ3n) is 13.6. The Labute approximate surface area is 354 Å². The van der Waals surface area contributed by atoms with Gasteiger partial charge >= 0.3 is 357 Å². The molecule has 4 aromatic carbocycles. The fraction of sp³-hybridized carbons (Fsp3) is 0.308. The summed E-state index contributed by atoms with van der Waals surface area (Å²) in [5.41, 5.74) is 18.6. The number of benzene rings is 4. The molecule has 2 unspecified atom stereocenters. The van der Waals surface area contributed by atoms with Crippen molar-refractivity contribution in [3.8, 4) is 22.3 Å². The number of halogens is 2. The minimum absolute atomic E-state index is 0.221. The van der Waals surface area contributed by atoms with Crippen molar-refractivity contribution in [2.75, 3.05) is 0 Å². The van der Waals surface area contributed by atoms with Crippen LogP contribution in [0.3, 0.4) is 0 Å². The van der Waals surface area contributed by atoms with Crippen molar-refractivity contribution in [1.29, 1.82) is 0 Å². The fourth-order valence-electron chi connectivity index (χ4n) is 10.1. The van der Waals surface area contributed by atoms with Crippen LogP contribution in [0, 0.1) is 27.7 Å². The summed E-state index contributed by atoms with van der Waals surface area (Å²) in [6, 6.07) is 31.7. The van der Waals surface area contributed by atoms with Crippen molar-refractivity contribution < 1.29 is 23.8 Å². The third-order valence-corrected chi connectivity index (χ3v) is 59.8. The molecule has 0 bridgehead atoms. The molecule has 0 N–H and O–H groups in total. The number of rotatable bonds is 10. The van der Waals surface area contributed by atoms with Crippen molar-refractivity contribution in [2.24, 2.45) is 0 Å². The Morgan fingerprint density at radius 2 is 0.914 bits per heavy atom. The van der Waals surface area contributed by atoms with Gasteiger partial charge in [-0.25, -0.2) is 0 Å². The molecule has 8 rings (SSSR count). The van der Waals surface area contributed by atoms with Crippen LogP contribution in [0.25, 0.3) is 45.6 Å². The topological polar surface area (TPSA) is 26.3 Å². The molecule has 0 spiro atoms. The fourth-order valence-corrected chi connectivity index (χ4v) is 37.8. The first-order valence-electron chi connectivity index (χ1n) is 21.2. The van der Waals surface area contributed by atoms with Crippen LogP contribution in [0.1, 0.15) is 114 Å². The first-order valence-corrected chi connectivity index (χ1v) is 36.6. The molecule has 0 amide bonds. The van der Waals surface area contributed by atoms with E-state index in [0.717, 1.165) is 71.0 Å². The number of fused-ring (bicyclic) bond motifs is 2. The van der Waals surface area contributed by atoms with Gasteiger partial charge in [-0.1, -0.05) is 0 Å². The molecule has 2 atom stereocenters. The standard InChI is InChI=1S/2C25H25O.C2H6Si.2ClH.Zr/c2*1-5-18-9-7-8-10-22(18)25-19(6-2)11-12-20-14-21(15-23(20)25)24-13-16(3)17(4)26-24;1-3-2;;;/h2*7-15H,5-6H2,1-4H3;1-2H3;2*1H;/q;;;;;+2/p-2. The van der Waals surface area contributed by atoms with E-state index in [9.17, 15) is 0 Å². The molecule has 2 heterocycles. The van der Waals surface area contributed by atoms with E-state index in [1.54, 1.807) is 0 Å². The Morgan fingerprint density at radius 3 is 1.24 bits per heavy atom. The summed E-state index contributed by atoms with van der Waals surface area (Å²) in [7, 11) is 18.2. The van der Waals surface area contributed by atoms with Crippen molar-refractivity contribution in [3.63, 3.8) is 0 Å². The number of aryl methyl sites for hydroxylation is 8. The van der Waals surface area contributed by atoms with Crippen LogP contribution < -0.4 is 0 Å². The third kappa shape index (κ3) is 6.34. The monoisotopic (exact) mass is 900 g/mol. The second-order valence-electron chi connectivity index (χ2n) is 16.9. The molecular weight excluding hydrogens is 847 g/mol. The molecule has 0 saturated heterocycles. The van der Waals surface area contributed by atoms with Crippen LogP contribution in [-0.4, -0.2) is 5.43 Å². The Bertz CT molecular complexity index is 2550. The number of hydrogen-bond donors (Lipinski definition) is 0. The molecule has 58 heavy (non-hydrogen) atoms. The van der Waals surface area contributed by atoms with Gasteiger partial charge < -0.3 is 0 Å². The van der Waals surface area contributed by atoms with Crippen LogP contribution in [0.2, 0.25) is 13.1 Å². The number of furan rings is 2. The molecule has 2 aliphatic rings. The van der Waals surface area contributed by atoms with Gasteiger partial charge in [0.2, 0.25) is 0 Å². The molecule has 0 saturated carbocycles. The van der Waals surface area contributed by atoms with Crippen molar-refractivity contribution in [3.05, 3.63) is 164 Å². The van der Waals surface area contributed by atoms with Crippen molar-refractivity contribution in [1.82, 2.24) is 0 Å². The van der Waals surface area contributed by atoms with Crippen molar-refractivity contribution in [2.45, 2.75) is 101 Å². The molecule has 0 radical (unpaired) electrons. The predicted octanol–water partition coefficient (Wildman–Crippen LogP) is 15.8. The van der Waals surface area contributed by atoms with E-state index < -0.39 is 20.4 Å². The second-order valence-corrected chi connectivity index (χ2v) is 55.6. The van der Waals surface area contributed by atoms with Gasteiger partial charge in [-0.15, -0.1) is 0 Å². The molecule has 2 aromatic heterocycles. The molecule has 6 aromatic rings. The zero-order valence-corrected chi connectivity index (χ0v) is 40.8. The van der Waals surface area contributed by atoms with Crippen LogP contribution in [0.5, 0.6) is 0 Å². The molecule has 6 heteroatoms. The maximum absolute atomic E-state index is 9.10. The molecular formula is C52H56Cl2O2SiZr. The Balaban J connectivity index is 1.50. The summed E-state index contributed by atoms with van der Waals surface area (Å²) >= 11 is -5.44. The molecule has 298 valence electrons. The predicted molar refractivity (Wildman–Crippen MR) is 248 cm³/mol. The van der Waals surface area contributed by atoms with E-state index in [2.05, 4.69) is 166 Å². The summed E-state index contributed by atoms with van der Waals surface area (Å²) in [4.78, 5) is 0. The summed E-state index contributed by atoms with van der Waals surface area (Å²) in [6.45, 7) is 22.2. The van der Waals surface area contributed by atoms with E-state index in [4.69, 9.17) is 25.9 Å². The summed E-state index contributed by atoms with van der Waals surface area (Å²) in [5.74, 6) is 3.60. The normalized spacial score (nSPS) is 16.4. The van der Waals surface area contributed by atoms with E-state index in [-0.39, 0.29) is 7.25 Å². The van der Waals surface area contributed by atoms with Gasteiger partial charge in [0.25, 0.3) is 0 Å². The van der Waals surface area contributed by atoms with Gasteiger partial charge in [0, 0.05) is 0 Å². The molecule has 0 fully saturated rings. The molecule has 0 aliphatic heterocycles. The molecule has 2 nitrogen and oxygen atoms in total. The second kappa shape index (κ2) is 15.6. The Morgan fingerprint density at radius 1 is 0.534 bits per heavy atom. The van der Waals surface area contributed by atoms with Gasteiger partial charge in [0.05, 0.1) is 0 Å². The van der Waals surface area contributed by atoms with Gasteiger partial charge in [0.1, 0.15) is 0 Å². The van der Waals surface area contributed by atoms with E-state index in [0.29, 0.717) is 0 Å². The Hall–Kier alpha value is -3.40. The van der Waals surface area contributed by atoms with Crippen LogP contribution >= 0.6 is 17.0 Å². The quantitative estimate of drug-likeness (QED) is 0.128. The Kier molecular flexibility index (Phi) is 11.1. The van der Waals surface area contributed by atoms with Gasteiger partial charge in [0.15, 0.2) is 0 Å². The van der Waals surface area contributed by atoms with Gasteiger partial charge in [-0.2, -0.15) is 0 Å². The SMILES string of the molecule is CCc1ccccc1-c1c(CC)ccc2c1C=C(c1cc(C)c(C)o1)[CH]2[Zr]([Cl])([Cl])([CH]1C(c2cc(C)c(C)o2)=Cc2c1ccc(CC)c2-c1ccccc1CC)=[Si](C)C. The van der Waals surface area contributed by atoms with Crippen LogP contribution in [0.4, 0.5) is 0 Å². The zero-order valence-electron chi connectivity index (χ0n) is 35.8. The molecule has 2 aliphatic carbocycles. The summed E-state index contributed by atoms with van der Waals surface area (Å²) < 4.78 is 13.1. The summed E-state index contributed by atoms with van der Waals surface area (Å²) in [6.07, 6.45) is 8.58. The summed E-state index contributed by atoms with van der Waals surface area (Å²) in [5, 5.41) is 0. The first-order chi connectivity index (χ1) is 27.8. The van der Waals surface area contributed by atoms with Crippen molar-refractivity contribution >= 4 is 45.8 Å². The average molecular weight is 903 g/mol. The zero-order chi connectivity index (χ0) is 41.3. The van der Waals surface area contributed by atoms with Crippen LogP contribution in [0.15, 0.2) is 93.8 Å². The average Bonchev–Trinajstić information content (AvgIpc) is 3.99. The van der Waals surface area contributed by atoms with Gasteiger partial charge in [-0.05, 0) is 0 Å². The van der Waals surface area contributed by atoms with E-state index in [1.807, 2.05) is 0 Å². The van der Waals surface area contributed by atoms with E-state index in [1.165, 1.54) is 66.8 Å².